The number of hydrogen-bond donors (Lipinski definition) is 1. The zero-order valence-corrected chi connectivity index (χ0v) is 14.5. The molecule has 3 aromatic rings. The van der Waals surface area contributed by atoms with Gasteiger partial charge in [-0.25, -0.2) is 13.1 Å². The van der Waals surface area contributed by atoms with Gasteiger partial charge in [0.25, 0.3) is 0 Å². The summed E-state index contributed by atoms with van der Waals surface area (Å²) in [6.45, 7) is 3.78. The van der Waals surface area contributed by atoms with E-state index in [1.807, 2.05) is 67.2 Å². The highest BCUT2D eigenvalue weighted by atomic mass is 32.2. The van der Waals surface area contributed by atoms with Crippen LogP contribution in [-0.2, 0) is 10.0 Å². The second kappa shape index (κ2) is 6.63. The van der Waals surface area contributed by atoms with Crippen LogP contribution in [0.5, 0.6) is 0 Å². The lowest BCUT2D eigenvalue weighted by Crippen LogP contribution is -2.27. The molecule has 0 aliphatic rings. The summed E-state index contributed by atoms with van der Waals surface area (Å²) in [5.74, 6) is 0. The highest BCUT2D eigenvalue weighted by Gasteiger charge is 2.18. The Hall–Kier alpha value is -2.37. The molecule has 1 heterocycles. The molecule has 0 amide bonds. The summed E-state index contributed by atoms with van der Waals surface area (Å²) in [6, 6.07) is 18.3. The van der Waals surface area contributed by atoms with Crippen molar-refractivity contribution in [2.24, 2.45) is 0 Å². The van der Waals surface area contributed by atoms with Gasteiger partial charge in [-0.1, -0.05) is 29.8 Å². The minimum Gasteiger partial charge on any atom is -0.324 e. The molecule has 2 aromatic carbocycles. The third kappa shape index (κ3) is 3.58. The van der Waals surface area contributed by atoms with Gasteiger partial charge in [0.05, 0.1) is 4.90 Å². The van der Waals surface area contributed by atoms with Gasteiger partial charge in [-0.2, -0.15) is 0 Å². The molecule has 0 bridgehead atoms. The van der Waals surface area contributed by atoms with Gasteiger partial charge in [-0.15, -0.1) is 0 Å². The largest absolute Gasteiger partial charge is 0.324 e. The molecule has 0 unspecified atom stereocenters. The molecular formula is C19H20N2O2S. The first-order chi connectivity index (χ1) is 11.5. The number of rotatable bonds is 5. The zero-order valence-electron chi connectivity index (χ0n) is 13.7. The lowest BCUT2D eigenvalue weighted by molar-refractivity contribution is 0.567. The van der Waals surface area contributed by atoms with Crippen LogP contribution >= 0.6 is 0 Å². The topological polar surface area (TPSA) is 51.1 Å². The molecule has 3 rings (SSSR count). The third-order valence-electron chi connectivity index (χ3n) is 3.94. The molecule has 0 radical (unpaired) electrons. The fraction of sp³-hybridized carbons (Fsp3) is 0.158. The smallest absolute Gasteiger partial charge is 0.241 e. The van der Waals surface area contributed by atoms with Crippen molar-refractivity contribution < 1.29 is 8.42 Å². The van der Waals surface area contributed by atoms with E-state index in [2.05, 4.69) is 4.72 Å². The van der Waals surface area contributed by atoms with E-state index in [1.165, 1.54) is 0 Å². The normalized spacial score (nSPS) is 12.9. The maximum Gasteiger partial charge on any atom is 0.241 e. The van der Waals surface area contributed by atoms with Crippen LogP contribution in [0.4, 0.5) is 0 Å². The molecule has 124 valence electrons. The molecule has 0 saturated carbocycles. The average molecular weight is 340 g/mol. The number of nitrogens with zero attached hydrogens (tertiary/aromatic N) is 1. The number of benzene rings is 2. The third-order valence-corrected chi connectivity index (χ3v) is 5.49. The molecule has 0 aliphatic heterocycles. The molecule has 24 heavy (non-hydrogen) atoms. The molecule has 4 nitrogen and oxygen atoms in total. The Labute approximate surface area is 142 Å². The van der Waals surface area contributed by atoms with E-state index >= 15 is 0 Å². The van der Waals surface area contributed by atoms with Gasteiger partial charge in [-0.3, -0.25) is 0 Å². The number of hydrogen-bond acceptors (Lipinski definition) is 2. The first-order valence-corrected chi connectivity index (χ1v) is 9.26. The second-order valence-corrected chi connectivity index (χ2v) is 7.56. The van der Waals surface area contributed by atoms with Crippen LogP contribution in [0.15, 0.2) is 78.0 Å². The van der Waals surface area contributed by atoms with Crippen molar-refractivity contribution in [1.29, 1.82) is 0 Å². The van der Waals surface area contributed by atoms with Crippen molar-refractivity contribution in [1.82, 2.24) is 9.29 Å². The van der Waals surface area contributed by atoms with Gasteiger partial charge >= 0.3 is 0 Å². The number of nitrogens with one attached hydrogen (secondary N) is 1. The maximum atomic E-state index is 12.5. The fourth-order valence-electron chi connectivity index (χ4n) is 2.55. The second-order valence-electron chi connectivity index (χ2n) is 5.84. The van der Waals surface area contributed by atoms with E-state index in [0.717, 1.165) is 16.8 Å². The van der Waals surface area contributed by atoms with Crippen LogP contribution in [0.3, 0.4) is 0 Å². The Morgan fingerprint density at radius 2 is 1.62 bits per heavy atom. The summed E-state index contributed by atoms with van der Waals surface area (Å²) in [5, 5.41) is 0. The van der Waals surface area contributed by atoms with Crippen molar-refractivity contribution in [3.8, 4) is 5.69 Å². The average Bonchev–Trinajstić information content (AvgIpc) is 3.09. The fourth-order valence-corrected chi connectivity index (χ4v) is 3.78. The van der Waals surface area contributed by atoms with Gasteiger partial charge in [0, 0.05) is 24.1 Å². The van der Waals surface area contributed by atoms with E-state index in [9.17, 15) is 8.42 Å². The van der Waals surface area contributed by atoms with E-state index in [4.69, 9.17) is 0 Å². The van der Waals surface area contributed by atoms with Crippen molar-refractivity contribution in [2.75, 3.05) is 0 Å². The monoisotopic (exact) mass is 340 g/mol. The Bertz CT molecular complexity index is 914. The van der Waals surface area contributed by atoms with Crippen LogP contribution in [0.1, 0.15) is 24.1 Å². The van der Waals surface area contributed by atoms with Crippen molar-refractivity contribution in [3.05, 3.63) is 84.2 Å². The van der Waals surface area contributed by atoms with E-state index < -0.39 is 10.0 Å². The number of aromatic nitrogens is 1. The van der Waals surface area contributed by atoms with Gasteiger partial charge in [0.2, 0.25) is 10.0 Å². The highest BCUT2D eigenvalue weighted by Crippen LogP contribution is 2.20. The van der Waals surface area contributed by atoms with Crippen LogP contribution in [0.2, 0.25) is 0 Å². The summed E-state index contributed by atoms with van der Waals surface area (Å²) < 4.78 is 29.8. The van der Waals surface area contributed by atoms with Gasteiger partial charge < -0.3 is 4.57 Å². The lowest BCUT2D eigenvalue weighted by Gasteiger charge is -2.16. The van der Waals surface area contributed by atoms with Crippen molar-refractivity contribution in [3.63, 3.8) is 0 Å². The lowest BCUT2D eigenvalue weighted by atomic mass is 10.1. The van der Waals surface area contributed by atoms with E-state index in [-0.39, 0.29) is 10.9 Å². The Morgan fingerprint density at radius 3 is 2.29 bits per heavy atom. The van der Waals surface area contributed by atoms with Gasteiger partial charge in [0.1, 0.15) is 0 Å². The summed E-state index contributed by atoms with van der Waals surface area (Å²) in [6.07, 6.45) is 3.92. The van der Waals surface area contributed by atoms with Crippen LogP contribution in [0, 0.1) is 6.92 Å². The first-order valence-electron chi connectivity index (χ1n) is 7.78. The maximum absolute atomic E-state index is 12.5. The van der Waals surface area contributed by atoms with E-state index in [0.29, 0.717) is 0 Å². The summed E-state index contributed by atoms with van der Waals surface area (Å²) in [4.78, 5) is 0.279. The minimum atomic E-state index is -3.55. The predicted molar refractivity (Wildman–Crippen MR) is 95.7 cm³/mol. The summed E-state index contributed by atoms with van der Waals surface area (Å²) >= 11 is 0. The summed E-state index contributed by atoms with van der Waals surface area (Å²) in [5.41, 5.74) is 2.94. The van der Waals surface area contributed by atoms with Crippen molar-refractivity contribution >= 4 is 10.0 Å². The standard InChI is InChI=1S/C19H20N2O2S/c1-15-8-10-19(11-9-15)24(22,23)20-16(2)17-6-5-7-18(14-17)21-12-3-4-13-21/h3-14,16,20H,1-2H3/t16-/m0/s1. The minimum absolute atomic E-state index is 0.279. The molecular weight excluding hydrogens is 320 g/mol. The Balaban J connectivity index is 1.83. The van der Waals surface area contributed by atoms with Crippen LogP contribution < -0.4 is 4.72 Å². The molecule has 1 aromatic heterocycles. The van der Waals surface area contributed by atoms with Gasteiger partial charge in [0.15, 0.2) is 0 Å². The summed E-state index contributed by atoms with van der Waals surface area (Å²) in [7, 11) is -3.55. The van der Waals surface area contributed by atoms with Crippen LogP contribution in [-0.4, -0.2) is 13.0 Å². The SMILES string of the molecule is Cc1ccc(S(=O)(=O)N[C@@H](C)c2cccc(-n3cccc3)c2)cc1. The Morgan fingerprint density at radius 1 is 0.958 bits per heavy atom. The quantitative estimate of drug-likeness (QED) is 0.767. The molecule has 0 fully saturated rings. The first kappa shape index (κ1) is 16.5. The predicted octanol–water partition coefficient (Wildman–Crippen LogP) is 3.83. The Kier molecular flexibility index (Phi) is 4.55. The molecule has 0 aliphatic carbocycles. The molecule has 0 saturated heterocycles. The van der Waals surface area contributed by atoms with Crippen LogP contribution in [0.25, 0.3) is 5.69 Å². The molecule has 1 atom stereocenters. The zero-order chi connectivity index (χ0) is 17.2. The molecule has 5 heteroatoms. The number of aryl methyl sites for hydroxylation is 1. The van der Waals surface area contributed by atoms with E-state index in [1.54, 1.807) is 24.3 Å². The highest BCUT2D eigenvalue weighted by molar-refractivity contribution is 7.89. The number of sulfonamides is 1. The molecule has 1 N–H and O–H groups in total. The van der Waals surface area contributed by atoms with Crippen molar-refractivity contribution in [2.45, 2.75) is 24.8 Å². The molecule has 0 spiro atoms. The van der Waals surface area contributed by atoms with Gasteiger partial charge in [-0.05, 0) is 55.8 Å².